The molecule has 0 radical (unpaired) electrons. The molecule has 2 rings (SSSR count). The molecule has 7 heteroatoms. The third-order valence-electron chi connectivity index (χ3n) is 1.84. The standard InChI is InChI=1S/C10H6BrClO2S3/c11-6-5-9(17(13)14)16-10(6)15-8-4-2-1-3-7(8)12/h1-5H,(H,13,14). The van der Waals surface area contributed by atoms with E-state index in [0.29, 0.717) is 9.23 Å². The molecule has 1 atom stereocenters. The lowest BCUT2D eigenvalue weighted by Crippen LogP contribution is -1.79. The second kappa shape index (κ2) is 5.86. The van der Waals surface area contributed by atoms with E-state index in [1.807, 2.05) is 24.3 Å². The third-order valence-corrected chi connectivity index (χ3v) is 6.78. The highest BCUT2D eigenvalue weighted by molar-refractivity contribution is 9.10. The van der Waals surface area contributed by atoms with Crippen molar-refractivity contribution >= 4 is 61.7 Å². The summed E-state index contributed by atoms with van der Waals surface area (Å²) < 4.78 is 22.1. The van der Waals surface area contributed by atoms with Gasteiger partial charge < -0.3 is 4.55 Å². The maximum Gasteiger partial charge on any atom is 0.196 e. The van der Waals surface area contributed by atoms with Crippen LogP contribution in [0.3, 0.4) is 0 Å². The minimum Gasteiger partial charge on any atom is -0.302 e. The molecule has 0 aliphatic rings. The van der Waals surface area contributed by atoms with E-state index in [-0.39, 0.29) is 0 Å². The average Bonchev–Trinajstić information content (AvgIpc) is 2.64. The van der Waals surface area contributed by atoms with Crippen LogP contribution in [0.5, 0.6) is 0 Å². The lowest BCUT2D eigenvalue weighted by molar-refractivity contribution is 0.566. The molecule has 1 N–H and O–H groups in total. The molecule has 2 nitrogen and oxygen atoms in total. The van der Waals surface area contributed by atoms with Crippen molar-refractivity contribution in [1.29, 1.82) is 0 Å². The molecule has 0 saturated carbocycles. The molecule has 0 spiro atoms. The van der Waals surface area contributed by atoms with Crippen molar-refractivity contribution in [2.45, 2.75) is 13.3 Å². The van der Waals surface area contributed by atoms with Crippen molar-refractivity contribution in [2.75, 3.05) is 0 Å². The van der Waals surface area contributed by atoms with Crippen LogP contribution in [-0.2, 0) is 11.1 Å². The summed E-state index contributed by atoms with van der Waals surface area (Å²) in [6.07, 6.45) is 0. The fourth-order valence-corrected chi connectivity index (χ4v) is 5.19. The van der Waals surface area contributed by atoms with E-state index in [1.165, 1.54) is 23.1 Å². The van der Waals surface area contributed by atoms with Gasteiger partial charge in [0.2, 0.25) is 0 Å². The molecule has 0 bridgehead atoms. The van der Waals surface area contributed by atoms with E-state index in [1.54, 1.807) is 6.07 Å². The monoisotopic (exact) mass is 368 g/mol. The topological polar surface area (TPSA) is 37.3 Å². The Balaban J connectivity index is 2.30. The smallest absolute Gasteiger partial charge is 0.196 e. The Morgan fingerprint density at radius 2 is 2.12 bits per heavy atom. The number of halogens is 2. The SMILES string of the molecule is O=S(O)c1cc(Br)c(Sc2ccccc2Cl)s1. The van der Waals surface area contributed by atoms with Crippen molar-refractivity contribution in [3.63, 3.8) is 0 Å². The second-order valence-electron chi connectivity index (χ2n) is 2.98. The molecule has 1 aromatic carbocycles. The molecule has 2 aromatic rings. The average molecular weight is 370 g/mol. The fourth-order valence-electron chi connectivity index (χ4n) is 1.11. The Morgan fingerprint density at radius 3 is 2.71 bits per heavy atom. The van der Waals surface area contributed by atoms with E-state index < -0.39 is 11.1 Å². The molecule has 1 unspecified atom stereocenters. The molecule has 90 valence electrons. The molecule has 0 aliphatic heterocycles. The largest absolute Gasteiger partial charge is 0.302 e. The number of hydrogen-bond acceptors (Lipinski definition) is 3. The highest BCUT2D eigenvalue weighted by Gasteiger charge is 2.13. The first-order valence-electron chi connectivity index (χ1n) is 4.40. The number of thiophene rings is 1. The summed E-state index contributed by atoms with van der Waals surface area (Å²) >= 11 is 10.2. The van der Waals surface area contributed by atoms with Crippen LogP contribution in [-0.4, -0.2) is 8.76 Å². The van der Waals surface area contributed by atoms with Gasteiger partial charge in [-0.3, -0.25) is 0 Å². The fraction of sp³-hybridized carbons (Fsp3) is 0. The lowest BCUT2D eigenvalue weighted by Gasteiger charge is -2.01. The highest BCUT2D eigenvalue weighted by Crippen LogP contribution is 2.42. The molecule has 1 aromatic heterocycles. The third kappa shape index (κ3) is 3.33. The molecular formula is C10H6BrClO2S3. The van der Waals surface area contributed by atoms with Gasteiger partial charge in [0.15, 0.2) is 11.1 Å². The molecule has 0 amide bonds. The zero-order valence-electron chi connectivity index (χ0n) is 8.22. The summed E-state index contributed by atoms with van der Waals surface area (Å²) in [5.74, 6) is 0. The minimum atomic E-state index is -1.94. The van der Waals surface area contributed by atoms with Crippen LogP contribution in [0, 0.1) is 0 Å². The van der Waals surface area contributed by atoms with E-state index in [0.717, 1.165) is 13.6 Å². The second-order valence-corrected chi connectivity index (χ2v) is 7.80. The molecule has 0 aliphatic carbocycles. The van der Waals surface area contributed by atoms with Crippen LogP contribution in [0.25, 0.3) is 0 Å². The first kappa shape index (κ1) is 13.6. The van der Waals surface area contributed by atoms with E-state index >= 15 is 0 Å². The first-order chi connectivity index (χ1) is 8.08. The molecule has 17 heavy (non-hydrogen) atoms. The summed E-state index contributed by atoms with van der Waals surface area (Å²) in [7, 11) is 0. The molecular weight excluding hydrogens is 364 g/mol. The van der Waals surface area contributed by atoms with E-state index in [4.69, 9.17) is 16.2 Å². The van der Waals surface area contributed by atoms with Crippen molar-refractivity contribution in [3.8, 4) is 0 Å². The normalized spacial score (nSPS) is 12.6. The quantitative estimate of drug-likeness (QED) is 0.782. The lowest BCUT2D eigenvalue weighted by atomic mass is 10.4. The van der Waals surface area contributed by atoms with Crippen LogP contribution in [0.1, 0.15) is 0 Å². The minimum absolute atomic E-state index is 0.423. The zero-order chi connectivity index (χ0) is 12.4. The number of benzene rings is 1. The van der Waals surface area contributed by atoms with Crippen molar-refractivity contribution in [1.82, 2.24) is 0 Å². The van der Waals surface area contributed by atoms with Gasteiger partial charge in [0.1, 0.15) is 4.21 Å². The number of hydrogen-bond donors (Lipinski definition) is 1. The van der Waals surface area contributed by atoms with Gasteiger partial charge in [-0.05, 0) is 34.1 Å². The van der Waals surface area contributed by atoms with Crippen molar-refractivity contribution in [3.05, 3.63) is 39.8 Å². The summed E-state index contributed by atoms with van der Waals surface area (Å²) in [6, 6.07) is 9.15. The van der Waals surface area contributed by atoms with E-state index in [2.05, 4.69) is 15.9 Å². The maximum atomic E-state index is 11.0. The van der Waals surface area contributed by atoms with Crippen molar-refractivity contribution < 1.29 is 8.76 Å². The molecule has 1 heterocycles. The van der Waals surface area contributed by atoms with E-state index in [9.17, 15) is 4.21 Å². The first-order valence-corrected chi connectivity index (χ1v) is 8.31. The Bertz CT molecular complexity index is 570. The zero-order valence-corrected chi connectivity index (χ0v) is 13.0. The van der Waals surface area contributed by atoms with Gasteiger partial charge in [-0.2, -0.15) is 0 Å². The van der Waals surface area contributed by atoms with Crippen LogP contribution in [0.15, 0.2) is 48.1 Å². The van der Waals surface area contributed by atoms with Crippen molar-refractivity contribution in [2.24, 2.45) is 0 Å². The van der Waals surface area contributed by atoms with Crippen LogP contribution < -0.4 is 0 Å². The number of rotatable bonds is 3. The van der Waals surface area contributed by atoms with Crippen LogP contribution >= 0.6 is 50.6 Å². The Hall–Kier alpha value is 0.150. The highest BCUT2D eigenvalue weighted by atomic mass is 79.9. The predicted molar refractivity (Wildman–Crippen MR) is 76.6 cm³/mol. The summed E-state index contributed by atoms with van der Waals surface area (Å²) in [4.78, 5) is 0.923. The summed E-state index contributed by atoms with van der Waals surface area (Å²) in [5.41, 5.74) is 0. The van der Waals surface area contributed by atoms with Gasteiger partial charge in [0, 0.05) is 9.37 Å². The van der Waals surface area contributed by atoms with Gasteiger partial charge in [0.25, 0.3) is 0 Å². The van der Waals surface area contributed by atoms with Gasteiger partial charge in [-0.15, -0.1) is 11.3 Å². The maximum absolute atomic E-state index is 11.0. The Labute approximate surface area is 123 Å². The van der Waals surface area contributed by atoms with Gasteiger partial charge in [-0.25, -0.2) is 4.21 Å². The van der Waals surface area contributed by atoms with Crippen LogP contribution in [0.4, 0.5) is 0 Å². The Kier molecular flexibility index (Phi) is 4.68. The van der Waals surface area contributed by atoms with Gasteiger partial charge in [-0.1, -0.05) is 35.5 Å². The summed E-state index contributed by atoms with van der Waals surface area (Å²) in [6.45, 7) is 0. The Morgan fingerprint density at radius 1 is 1.41 bits per heavy atom. The molecule has 0 fully saturated rings. The van der Waals surface area contributed by atoms with Crippen LogP contribution in [0.2, 0.25) is 5.02 Å². The predicted octanol–water partition coefficient (Wildman–Crippen LogP) is 4.90. The van der Waals surface area contributed by atoms with Gasteiger partial charge >= 0.3 is 0 Å². The molecule has 0 saturated heterocycles. The summed E-state index contributed by atoms with van der Waals surface area (Å²) in [5, 5.41) is 0.671. The van der Waals surface area contributed by atoms with Gasteiger partial charge in [0.05, 0.1) is 9.23 Å².